The van der Waals surface area contributed by atoms with Gasteiger partial charge in [0.1, 0.15) is 5.76 Å². The Morgan fingerprint density at radius 2 is 1.95 bits per heavy atom. The van der Waals surface area contributed by atoms with E-state index in [1.54, 1.807) is 6.26 Å². The van der Waals surface area contributed by atoms with Gasteiger partial charge in [-0.3, -0.25) is 0 Å². The quantitative estimate of drug-likeness (QED) is 0.746. The van der Waals surface area contributed by atoms with Crippen molar-refractivity contribution in [1.82, 2.24) is 10.2 Å². The van der Waals surface area contributed by atoms with E-state index in [-0.39, 0.29) is 11.6 Å². The Bertz CT molecular complexity index is 422. The first-order valence-electron chi connectivity index (χ1n) is 8.25. The van der Waals surface area contributed by atoms with Crippen molar-refractivity contribution in [3.63, 3.8) is 0 Å². The van der Waals surface area contributed by atoms with E-state index in [2.05, 4.69) is 47.2 Å². The van der Waals surface area contributed by atoms with Crippen LogP contribution in [0.4, 0.5) is 0 Å². The number of nitrogens with one attached hydrogen (secondary N) is 1. The second kappa shape index (κ2) is 7.80. The fraction of sp³-hybridized carbons (Fsp3) is 0.765. The molecule has 1 fully saturated rings. The molecule has 1 aliphatic rings. The molecule has 120 valence electrons. The Hall–Kier alpha value is -0.320. The zero-order chi connectivity index (χ0) is 15.3. The molecule has 1 aromatic heterocycles. The molecule has 0 bridgehead atoms. The molecule has 1 N–H and O–H groups in total. The Labute approximate surface area is 137 Å². The van der Waals surface area contributed by atoms with Crippen LogP contribution in [0.3, 0.4) is 0 Å². The number of furan rings is 1. The van der Waals surface area contributed by atoms with Crippen LogP contribution >= 0.6 is 15.9 Å². The highest BCUT2D eigenvalue weighted by molar-refractivity contribution is 9.10. The molecular weight excluding hydrogens is 328 g/mol. The van der Waals surface area contributed by atoms with Crippen LogP contribution in [0.15, 0.2) is 21.2 Å². The summed E-state index contributed by atoms with van der Waals surface area (Å²) in [6.45, 7) is 3.24. The average Bonchev–Trinajstić information content (AvgIpc) is 2.74. The molecule has 1 unspecified atom stereocenters. The molecule has 3 nitrogen and oxygen atoms in total. The molecule has 0 saturated heterocycles. The van der Waals surface area contributed by atoms with Gasteiger partial charge in [-0.15, -0.1) is 0 Å². The number of nitrogens with zero attached hydrogens (tertiary/aromatic N) is 1. The SMILES string of the molecule is CCCNC(c1occc1Br)C1(N(C)C)CCCCCC1. The third-order valence-corrected chi connectivity index (χ3v) is 5.56. The minimum atomic E-state index is 0.145. The first-order chi connectivity index (χ1) is 10.1. The number of halogens is 1. The molecule has 1 aliphatic carbocycles. The summed E-state index contributed by atoms with van der Waals surface area (Å²) in [5, 5.41) is 3.77. The average molecular weight is 357 g/mol. The highest BCUT2D eigenvalue weighted by Gasteiger charge is 2.43. The van der Waals surface area contributed by atoms with Crippen LogP contribution < -0.4 is 5.32 Å². The van der Waals surface area contributed by atoms with Crippen LogP contribution in [-0.2, 0) is 0 Å². The summed E-state index contributed by atoms with van der Waals surface area (Å²) in [6.07, 6.45) is 10.7. The van der Waals surface area contributed by atoms with E-state index in [1.807, 2.05) is 6.07 Å². The van der Waals surface area contributed by atoms with Crippen molar-refractivity contribution in [3.8, 4) is 0 Å². The lowest BCUT2D eigenvalue weighted by molar-refractivity contribution is 0.0697. The van der Waals surface area contributed by atoms with Gasteiger partial charge in [0, 0.05) is 5.54 Å². The molecule has 0 amide bonds. The summed E-state index contributed by atoms with van der Waals surface area (Å²) in [4.78, 5) is 2.43. The van der Waals surface area contributed by atoms with Gasteiger partial charge in [-0.05, 0) is 61.9 Å². The van der Waals surface area contributed by atoms with Gasteiger partial charge < -0.3 is 14.6 Å². The molecule has 0 spiro atoms. The minimum absolute atomic E-state index is 0.145. The van der Waals surface area contributed by atoms with Crippen LogP contribution in [0.25, 0.3) is 0 Å². The number of rotatable bonds is 6. The van der Waals surface area contributed by atoms with Crippen molar-refractivity contribution in [2.45, 2.75) is 63.5 Å². The summed E-state index contributed by atoms with van der Waals surface area (Å²) < 4.78 is 6.94. The van der Waals surface area contributed by atoms with Crippen molar-refractivity contribution < 1.29 is 4.42 Å². The van der Waals surface area contributed by atoms with E-state index in [1.165, 1.54) is 38.5 Å². The second-order valence-corrected chi connectivity index (χ2v) is 7.29. The van der Waals surface area contributed by atoms with Crippen LogP contribution in [0.5, 0.6) is 0 Å². The predicted octanol–water partition coefficient (Wildman–Crippen LogP) is 4.74. The Morgan fingerprint density at radius 1 is 1.29 bits per heavy atom. The van der Waals surface area contributed by atoms with E-state index < -0.39 is 0 Å². The molecule has 0 radical (unpaired) electrons. The third-order valence-electron chi connectivity index (χ3n) is 4.90. The zero-order valence-corrected chi connectivity index (χ0v) is 15.2. The lowest BCUT2D eigenvalue weighted by Crippen LogP contribution is -2.53. The highest BCUT2D eigenvalue weighted by Crippen LogP contribution is 2.43. The maximum absolute atomic E-state index is 5.86. The van der Waals surface area contributed by atoms with Gasteiger partial charge in [0.05, 0.1) is 16.8 Å². The van der Waals surface area contributed by atoms with Crippen LogP contribution in [0.2, 0.25) is 0 Å². The largest absolute Gasteiger partial charge is 0.466 e. The standard InChI is InChI=1S/C17H29BrN2O/c1-4-12-19-16(15-14(18)9-13-21-15)17(20(2)3)10-7-5-6-8-11-17/h9,13,16,19H,4-8,10-12H2,1-3H3. The number of likely N-dealkylation sites (N-methyl/N-ethyl adjacent to an activating group) is 1. The molecule has 0 aromatic carbocycles. The smallest absolute Gasteiger partial charge is 0.136 e. The van der Waals surface area contributed by atoms with E-state index in [4.69, 9.17) is 4.42 Å². The molecule has 4 heteroatoms. The molecule has 1 atom stereocenters. The molecule has 1 heterocycles. The monoisotopic (exact) mass is 356 g/mol. The predicted molar refractivity (Wildman–Crippen MR) is 91.6 cm³/mol. The van der Waals surface area contributed by atoms with E-state index in [9.17, 15) is 0 Å². The summed E-state index contributed by atoms with van der Waals surface area (Å²) in [5.74, 6) is 1.05. The molecule has 2 rings (SSSR count). The summed E-state index contributed by atoms with van der Waals surface area (Å²) in [6, 6.07) is 2.26. The van der Waals surface area contributed by atoms with Gasteiger partial charge >= 0.3 is 0 Å². The van der Waals surface area contributed by atoms with Gasteiger partial charge in [0.15, 0.2) is 0 Å². The molecular formula is C17H29BrN2O. The van der Waals surface area contributed by atoms with Crippen LogP contribution in [-0.4, -0.2) is 31.1 Å². The normalized spacial score (nSPS) is 20.4. The van der Waals surface area contributed by atoms with Gasteiger partial charge in [-0.25, -0.2) is 0 Å². The summed E-state index contributed by atoms with van der Waals surface area (Å²) in [7, 11) is 4.45. The molecule has 21 heavy (non-hydrogen) atoms. The lowest BCUT2D eigenvalue weighted by atomic mass is 9.80. The zero-order valence-electron chi connectivity index (χ0n) is 13.6. The van der Waals surface area contributed by atoms with Gasteiger partial charge in [-0.1, -0.05) is 32.6 Å². The first kappa shape index (κ1) is 17.0. The Morgan fingerprint density at radius 3 is 2.43 bits per heavy atom. The van der Waals surface area contributed by atoms with Gasteiger partial charge in [-0.2, -0.15) is 0 Å². The van der Waals surface area contributed by atoms with E-state index >= 15 is 0 Å². The number of hydrogen-bond acceptors (Lipinski definition) is 3. The third kappa shape index (κ3) is 3.72. The fourth-order valence-corrected chi connectivity index (χ4v) is 4.09. The first-order valence-corrected chi connectivity index (χ1v) is 9.05. The molecule has 1 saturated carbocycles. The van der Waals surface area contributed by atoms with Crippen molar-refractivity contribution in [3.05, 3.63) is 22.6 Å². The maximum atomic E-state index is 5.86. The second-order valence-electron chi connectivity index (χ2n) is 6.43. The maximum Gasteiger partial charge on any atom is 0.136 e. The van der Waals surface area contributed by atoms with Crippen molar-refractivity contribution in [1.29, 1.82) is 0 Å². The number of hydrogen-bond donors (Lipinski definition) is 1. The van der Waals surface area contributed by atoms with E-state index in [0.29, 0.717) is 0 Å². The van der Waals surface area contributed by atoms with Gasteiger partial charge in [0.2, 0.25) is 0 Å². The van der Waals surface area contributed by atoms with Crippen molar-refractivity contribution >= 4 is 15.9 Å². The van der Waals surface area contributed by atoms with Crippen LogP contribution in [0, 0.1) is 0 Å². The minimum Gasteiger partial charge on any atom is -0.466 e. The topological polar surface area (TPSA) is 28.4 Å². The fourth-order valence-electron chi connectivity index (χ4n) is 3.66. The van der Waals surface area contributed by atoms with E-state index in [0.717, 1.165) is 23.2 Å². The molecule has 0 aliphatic heterocycles. The Balaban J connectivity index is 2.37. The molecule has 1 aromatic rings. The lowest BCUT2D eigenvalue weighted by Gasteiger charge is -2.45. The Kier molecular flexibility index (Phi) is 6.33. The van der Waals surface area contributed by atoms with Crippen molar-refractivity contribution in [2.75, 3.05) is 20.6 Å². The van der Waals surface area contributed by atoms with Crippen molar-refractivity contribution in [2.24, 2.45) is 0 Å². The van der Waals surface area contributed by atoms with Crippen LogP contribution in [0.1, 0.15) is 63.7 Å². The van der Waals surface area contributed by atoms with Gasteiger partial charge in [0.25, 0.3) is 0 Å². The summed E-state index contributed by atoms with van der Waals surface area (Å²) in [5.41, 5.74) is 0.145. The summed E-state index contributed by atoms with van der Waals surface area (Å²) >= 11 is 3.67. The highest BCUT2D eigenvalue weighted by atomic mass is 79.9.